The first-order valence-electron chi connectivity index (χ1n) is 7.40. The van der Waals surface area contributed by atoms with Crippen molar-refractivity contribution in [3.63, 3.8) is 0 Å². The van der Waals surface area contributed by atoms with Crippen LogP contribution in [0.3, 0.4) is 0 Å². The molecule has 0 bridgehead atoms. The summed E-state index contributed by atoms with van der Waals surface area (Å²) >= 11 is 1.91. The number of benzene rings is 1. The molecule has 1 N–H and O–H groups in total. The highest BCUT2D eigenvalue weighted by atomic mass is 32.2. The maximum Gasteiger partial charge on any atom is 0.0332 e. The van der Waals surface area contributed by atoms with Gasteiger partial charge in [0.05, 0.1) is 0 Å². The molecule has 0 aliphatic rings. The molecule has 1 atom stereocenters. The van der Waals surface area contributed by atoms with Crippen LogP contribution in [-0.2, 0) is 6.54 Å². The molecule has 1 heterocycles. The summed E-state index contributed by atoms with van der Waals surface area (Å²) in [5.74, 6) is 1.11. The zero-order valence-electron chi connectivity index (χ0n) is 12.4. The van der Waals surface area contributed by atoms with Crippen molar-refractivity contribution < 1.29 is 0 Å². The van der Waals surface area contributed by atoms with Gasteiger partial charge in [-0.05, 0) is 36.7 Å². The van der Waals surface area contributed by atoms with E-state index in [4.69, 9.17) is 0 Å². The lowest BCUT2D eigenvalue weighted by molar-refractivity contribution is 0.536. The highest BCUT2D eigenvalue weighted by Gasteiger charge is 2.08. The van der Waals surface area contributed by atoms with Crippen LogP contribution in [-0.4, -0.2) is 16.9 Å². The molecule has 0 fully saturated rings. The van der Waals surface area contributed by atoms with Crippen LogP contribution < -0.4 is 5.32 Å². The molecular weight excluding hydrogens is 264 g/mol. The van der Waals surface area contributed by atoms with Gasteiger partial charge in [0.2, 0.25) is 0 Å². The number of rotatable bonds is 8. The quantitative estimate of drug-likeness (QED) is 0.728. The molecule has 2 aromatic rings. The number of nitrogens with zero attached hydrogens (tertiary/aromatic N) is 1. The molecule has 2 rings (SSSR count). The molecule has 108 valence electrons. The summed E-state index contributed by atoms with van der Waals surface area (Å²) in [6, 6.07) is 13.3. The summed E-state index contributed by atoms with van der Waals surface area (Å²) in [5, 5.41) is 3.53. The zero-order chi connectivity index (χ0) is 14.2. The maximum absolute atomic E-state index is 3.53. The smallest absolute Gasteiger partial charge is 0.0332 e. The minimum absolute atomic E-state index is 0.489. The molecule has 0 spiro atoms. The van der Waals surface area contributed by atoms with Crippen LogP contribution in [0.4, 0.5) is 0 Å². The van der Waals surface area contributed by atoms with E-state index < -0.39 is 0 Å². The van der Waals surface area contributed by atoms with Gasteiger partial charge in [-0.15, -0.1) is 11.8 Å². The van der Waals surface area contributed by atoms with Gasteiger partial charge < -0.3 is 9.88 Å². The van der Waals surface area contributed by atoms with Crippen LogP contribution in [0.1, 0.15) is 31.9 Å². The van der Waals surface area contributed by atoms with Crippen molar-refractivity contribution in [2.24, 2.45) is 0 Å². The predicted octanol–water partition coefficient (Wildman–Crippen LogP) is 4.34. The molecule has 0 radical (unpaired) electrons. The highest BCUT2D eigenvalue weighted by Crippen LogP contribution is 2.19. The molecule has 0 aliphatic carbocycles. The second kappa shape index (κ2) is 8.18. The summed E-state index contributed by atoms with van der Waals surface area (Å²) in [5.41, 5.74) is 1.40. The van der Waals surface area contributed by atoms with Crippen LogP contribution in [0.25, 0.3) is 0 Å². The number of thioether (sulfide) groups is 1. The topological polar surface area (TPSA) is 17.0 Å². The Morgan fingerprint density at radius 1 is 1.15 bits per heavy atom. The Hall–Kier alpha value is -1.19. The van der Waals surface area contributed by atoms with E-state index in [1.165, 1.54) is 10.5 Å². The standard InChI is InChI=1S/C17H24N2S/c1-3-17(18-4-2)15-10-11-19(14-15)12-13-20-16-8-6-5-7-9-16/h5-11,14,17-18H,3-4,12-13H2,1-2H3. The highest BCUT2D eigenvalue weighted by molar-refractivity contribution is 7.99. The third kappa shape index (κ3) is 4.43. The number of nitrogens with one attached hydrogen (secondary N) is 1. The Morgan fingerprint density at radius 3 is 2.65 bits per heavy atom. The molecular formula is C17H24N2S. The van der Waals surface area contributed by atoms with Gasteiger partial charge in [0.25, 0.3) is 0 Å². The predicted molar refractivity (Wildman–Crippen MR) is 88.3 cm³/mol. The molecule has 3 heteroatoms. The largest absolute Gasteiger partial charge is 0.353 e. The van der Waals surface area contributed by atoms with Crippen molar-refractivity contribution in [1.82, 2.24) is 9.88 Å². The van der Waals surface area contributed by atoms with E-state index in [2.05, 4.69) is 72.5 Å². The molecule has 1 aromatic carbocycles. The van der Waals surface area contributed by atoms with Gasteiger partial charge in [-0.2, -0.15) is 0 Å². The summed E-state index contributed by atoms with van der Waals surface area (Å²) in [6.45, 7) is 6.47. The van der Waals surface area contributed by atoms with E-state index in [0.29, 0.717) is 6.04 Å². The van der Waals surface area contributed by atoms with Gasteiger partial charge in [0.1, 0.15) is 0 Å². The third-order valence-electron chi connectivity index (χ3n) is 3.40. The van der Waals surface area contributed by atoms with E-state index in [1.54, 1.807) is 0 Å². The molecule has 1 aromatic heterocycles. The molecule has 20 heavy (non-hydrogen) atoms. The second-order valence-corrected chi connectivity index (χ2v) is 6.03. The first-order valence-corrected chi connectivity index (χ1v) is 8.39. The Bertz CT molecular complexity index is 493. The van der Waals surface area contributed by atoms with Gasteiger partial charge in [-0.3, -0.25) is 0 Å². The minimum atomic E-state index is 0.489. The SMILES string of the molecule is CCNC(CC)c1ccn(CCSc2ccccc2)c1. The summed E-state index contributed by atoms with van der Waals surface area (Å²) in [4.78, 5) is 1.35. The molecule has 1 unspecified atom stereocenters. The summed E-state index contributed by atoms with van der Waals surface area (Å²) in [6.07, 6.45) is 5.61. The van der Waals surface area contributed by atoms with Crippen LogP contribution in [0.2, 0.25) is 0 Å². The Kier molecular flexibility index (Phi) is 6.22. The van der Waals surface area contributed by atoms with Crippen molar-refractivity contribution in [2.45, 2.75) is 37.8 Å². The van der Waals surface area contributed by atoms with Crippen LogP contribution >= 0.6 is 11.8 Å². The van der Waals surface area contributed by atoms with E-state index in [0.717, 1.165) is 25.3 Å². The van der Waals surface area contributed by atoms with Crippen LogP contribution in [0.5, 0.6) is 0 Å². The van der Waals surface area contributed by atoms with Crippen molar-refractivity contribution in [1.29, 1.82) is 0 Å². The summed E-state index contributed by atoms with van der Waals surface area (Å²) < 4.78 is 2.30. The Balaban J connectivity index is 1.83. The number of hydrogen-bond acceptors (Lipinski definition) is 2. The van der Waals surface area contributed by atoms with Gasteiger partial charge in [-0.25, -0.2) is 0 Å². The lowest BCUT2D eigenvalue weighted by Gasteiger charge is -2.13. The third-order valence-corrected chi connectivity index (χ3v) is 4.39. The van der Waals surface area contributed by atoms with E-state index in [9.17, 15) is 0 Å². The second-order valence-electron chi connectivity index (χ2n) is 4.86. The van der Waals surface area contributed by atoms with Crippen LogP contribution in [0, 0.1) is 0 Å². The van der Waals surface area contributed by atoms with Gasteiger partial charge in [0.15, 0.2) is 0 Å². The van der Waals surface area contributed by atoms with Gasteiger partial charge >= 0.3 is 0 Å². The lowest BCUT2D eigenvalue weighted by Crippen LogP contribution is -2.19. The average Bonchev–Trinajstić information content (AvgIpc) is 2.94. The van der Waals surface area contributed by atoms with Gasteiger partial charge in [0, 0.05) is 35.6 Å². The van der Waals surface area contributed by atoms with Crippen LogP contribution in [0.15, 0.2) is 53.7 Å². The molecule has 0 amide bonds. The first kappa shape index (κ1) is 15.2. The van der Waals surface area contributed by atoms with Crippen molar-refractivity contribution in [3.8, 4) is 0 Å². The lowest BCUT2D eigenvalue weighted by atomic mass is 10.1. The maximum atomic E-state index is 3.53. The summed E-state index contributed by atoms with van der Waals surface area (Å²) in [7, 11) is 0. The van der Waals surface area contributed by atoms with E-state index >= 15 is 0 Å². The fourth-order valence-corrected chi connectivity index (χ4v) is 3.22. The van der Waals surface area contributed by atoms with Crippen molar-refractivity contribution >= 4 is 11.8 Å². The first-order chi connectivity index (χ1) is 9.83. The number of aryl methyl sites for hydroxylation is 1. The van der Waals surface area contributed by atoms with E-state index in [1.807, 2.05) is 11.8 Å². The fourth-order valence-electron chi connectivity index (χ4n) is 2.33. The monoisotopic (exact) mass is 288 g/mol. The fraction of sp³-hybridized carbons (Fsp3) is 0.412. The average molecular weight is 288 g/mol. The Morgan fingerprint density at radius 2 is 1.95 bits per heavy atom. The van der Waals surface area contributed by atoms with Gasteiger partial charge in [-0.1, -0.05) is 32.0 Å². The zero-order valence-corrected chi connectivity index (χ0v) is 13.2. The molecule has 2 nitrogen and oxygen atoms in total. The Labute approximate surface area is 126 Å². The van der Waals surface area contributed by atoms with Crippen molar-refractivity contribution in [2.75, 3.05) is 12.3 Å². The van der Waals surface area contributed by atoms with E-state index in [-0.39, 0.29) is 0 Å². The number of aromatic nitrogens is 1. The molecule has 0 aliphatic heterocycles. The molecule has 0 saturated carbocycles. The normalized spacial score (nSPS) is 12.5. The minimum Gasteiger partial charge on any atom is -0.353 e. The molecule has 0 saturated heterocycles. The van der Waals surface area contributed by atoms with Crippen molar-refractivity contribution in [3.05, 3.63) is 54.4 Å². The number of hydrogen-bond donors (Lipinski definition) is 1.